The van der Waals surface area contributed by atoms with Crippen LogP contribution in [0.4, 0.5) is 0 Å². The topological polar surface area (TPSA) is 52.5 Å². The minimum absolute atomic E-state index is 0.0678. The van der Waals surface area contributed by atoms with Gasteiger partial charge in [-0.25, -0.2) is 0 Å². The van der Waals surface area contributed by atoms with E-state index in [4.69, 9.17) is 16.6 Å². The summed E-state index contributed by atoms with van der Waals surface area (Å²) in [6.07, 6.45) is 5.40. The van der Waals surface area contributed by atoms with Crippen LogP contribution >= 0.6 is 24.8 Å². The summed E-state index contributed by atoms with van der Waals surface area (Å²) in [5.41, 5.74) is 2.43. The van der Waals surface area contributed by atoms with Gasteiger partial charge in [0.05, 0.1) is 6.26 Å². The fraction of sp³-hybridized carbons (Fsp3) is 0.300. The normalized spacial score (nSPS) is 17.4. The molecule has 1 saturated heterocycles. The molecule has 0 saturated carbocycles. The zero-order valence-corrected chi connectivity index (χ0v) is 16.5. The molecular weight excluding hydrogens is 378 g/mol. The van der Waals surface area contributed by atoms with Crippen molar-refractivity contribution in [1.29, 1.82) is 0 Å². The van der Waals surface area contributed by atoms with Crippen molar-refractivity contribution in [3.8, 4) is 0 Å². The highest BCUT2D eigenvalue weighted by Gasteiger charge is 2.31. The van der Waals surface area contributed by atoms with Crippen LogP contribution in [-0.2, 0) is 6.42 Å². The zero-order chi connectivity index (χ0) is 18.8. The van der Waals surface area contributed by atoms with Crippen LogP contribution in [0.25, 0.3) is 10.9 Å². The molecule has 3 aromatic rings. The highest BCUT2D eigenvalue weighted by Crippen LogP contribution is 2.23. The van der Waals surface area contributed by atoms with Crippen LogP contribution in [0.2, 0.25) is 0 Å². The van der Waals surface area contributed by atoms with Gasteiger partial charge < -0.3 is 19.2 Å². The van der Waals surface area contributed by atoms with E-state index >= 15 is 0 Å². The molecule has 1 unspecified atom stereocenters. The van der Waals surface area contributed by atoms with Gasteiger partial charge in [-0.15, -0.1) is 12.6 Å². The van der Waals surface area contributed by atoms with Crippen molar-refractivity contribution >= 4 is 46.0 Å². The predicted molar refractivity (Wildman–Crippen MR) is 113 cm³/mol. The Bertz CT molecular complexity index is 951. The summed E-state index contributed by atoms with van der Waals surface area (Å²) in [5, 5.41) is 1.25. The van der Waals surface area contributed by atoms with Crippen molar-refractivity contribution in [1.82, 2.24) is 14.8 Å². The summed E-state index contributed by atoms with van der Waals surface area (Å²) in [7, 11) is 0. The summed E-state index contributed by atoms with van der Waals surface area (Å²) >= 11 is 9.73. The van der Waals surface area contributed by atoms with Crippen LogP contribution in [0, 0.1) is 0 Å². The average Bonchev–Trinajstić information content (AvgIpc) is 3.35. The number of hydrogen-bond donors (Lipinski definition) is 2. The zero-order valence-electron chi connectivity index (χ0n) is 14.8. The fourth-order valence-electron chi connectivity index (χ4n) is 3.76. The first-order valence-corrected chi connectivity index (χ1v) is 9.86. The second kappa shape index (κ2) is 7.78. The number of thiol groups is 1. The first-order chi connectivity index (χ1) is 13.1. The van der Waals surface area contributed by atoms with Crippen molar-refractivity contribution in [2.45, 2.75) is 18.9 Å². The summed E-state index contributed by atoms with van der Waals surface area (Å²) < 4.78 is 5.86. The minimum Gasteiger partial charge on any atom is -0.459 e. The molecule has 5 nitrogen and oxygen atoms in total. The number of nitrogens with one attached hydrogen (secondary N) is 1. The fourth-order valence-corrected chi connectivity index (χ4v) is 4.26. The number of thiocarbonyl (C=S) groups is 1. The molecule has 0 bridgehead atoms. The molecule has 3 heterocycles. The summed E-state index contributed by atoms with van der Waals surface area (Å²) in [4.78, 5) is 19.9. The van der Waals surface area contributed by atoms with Crippen molar-refractivity contribution in [2.24, 2.45) is 0 Å². The number of rotatable bonds is 4. The number of H-pyrrole nitrogens is 1. The lowest BCUT2D eigenvalue weighted by atomic mass is 10.0. The van der Waals surface area contributed by atoms with Crippen molar-refractivity contribution in [3.05, 3.63) is 60.2 Å². The van der Waals surface area contributed by atoms with Gasteiger partial charge in [-0.2, -0.15) is 0 Å². The molecular formula is C20H21N3O2S2. The SMILES string of the molecule is O=C(c1ccco1)N1CCN(C(=S)S)C(CCc2c[nH]c3ccccc23)C1. The number of fused-ring (bicyclic) bond motifs is 1. The Morgan fingerprint density at radius 1 is 1.26 bits per heavy atom. The number of benzene rings is 1. The molecule has 1 aliphatic rings. The van der Waals surface area contributed by atoms with E-state index in [1.807, 2.05) is 11.0 Å². The first-order valence-electron chi connectivity index (χ1n) is 9.01. The molecule has 1 N–H and O–H groups in total. The predicted octanol–water partition coefficient (Wildman–Crippen LogP) is 3.73. The Morgan fingerprint density at radius 3 is 2.89 bits per heavy atom. The number of para-hydroxylation sites is 1. The van der Waals surface area contributed by atoms with Crippen LogP contribution < -0.4 is 0 Å². The third-order valence-electron chi connectivity index (χ3n) is 5.17. The van der Waals surface area contributed by atoms with E-state index in [2.05, 4.69) is 46.9 Å². The lowest BCUT2D eigenvalue weighted by Gasteiger charge is -2.41. The maximum atomic E-state index is 12.6. The van der Waals surface area contributed by atoms with Gasteiger partial charge in [0.2, 0.25) is 0 Å². The number of hydrogen-bond acceptors (Lipinski definition) is 3. The van der Waals surface area contributed by atoms with E-state index in [1.165, 1.54) is 17.2 Å². The molecule has 2 aromatic heterocycles. The number of aromatic nitrogens is 1. The van der Waals surface area contributed by atoms with Crippen LogP contribution in [0.15, 0.2) is 53.3 Å². The Labute approximate surface area is 168 Å². The largest absolute Gasteiger partial charge is 0.459 e. The van der Waals surface area contributed by atoms with E-state index in [0.29, 0.717) is 29.7 Å². The smallest absolute Gasteiger partial charge is 0.289 e. The van der Waals surface area contributed by atoms with Crippen LogP contribution in [0.1, 0.15) is 22.5 Å². The summed E-state index contributed by atoms with van der Waals surface area (Å²) in [6, 6.07) is 11.9. The van der Waals surface area contributed by atoms with Gasteiger partial charge in [-0.3, -0.25) is 4.79 Å². The van der Waals surface area contributed by atoms with E-state index < -0.39 is 0 Å². The lowest BCUT2D eigenvalue weighted by Crippen LogP contribution is -2.55. The number of piperazine rings is 1. The van der Waals surface area contributed by atoms with Gasteiger partial charge in [-0.05, 0) is 36.6 Å². The molecule has 4 rings (SSSR count). The average molecular weight is 400 g/mol. The minimum atomic E-state index is -0.0678. The first kappa shape index (κ1) is 18.1. The second-order valence-corrected chi connectivity index (χ2v) is 7.87. The second-order valence-electron chi connectivity index (χ2n) is 6.76. The molecule has 140 valence electrons. The molecule has 27 heavy (non-hydrogen) atoms. The highest BCUT2D eigenvalue weighted by molar-refractivity contribution is 8.10. The van der Waals surface area contributed by atoms with Crippen LogP contribution in [0.3, 0.4) is 0 Å². The number of carbonyl (C=O) groups excluding carboxylic acids is 1. The Balaban J connectivity index is 1.49. The van der Waals surface area contributed by atoms with Crippen molar-refractivity contribution < 1.29 is 9.21 Å². The van der Waals surface area contributed by atoms with Gasteiger partial charge in [0, 0.05) is 42.8 Å². The van der Waals surface area contributed by atoms with Gasteiger partial charge in [0.25, 0.3) is 5.91 Å². The van der Waals surface area contributed by atoms with Crippen molar-refractivity contribution in [3.63, 3.8) is 0 Å². The molecule has 1 atom stereocenters. The van der Waals surface area contributed by atoms with E-state index in [-0.39, 0.29) is 11.9 Å². The molecule has 1 fully saturated rings. The number of aryl methyl sites for hydroxylation is 1. The van der Waals surface area contributed by atoms with Gasteiger partial charge in [-0.1, -0.05) is 30.4 Å². The van der Waals surface area contributed by atoms with Gasteiger partial charge in [0.15, 0.2) is 5.76 Å². The summed E-state index contributed by atoms with van der Waals surface area (Å²) in [5.74, 6) is 0.314. The maximum Gasteiger partial charge on any atom is 0.289 e. The molecule has 1 aliphatic heterocycles. The standard InChI is InChI=1S/C20H21N3O2S2/c24-19(18-6-3-11-25-18)22-9-10-23(20(26)27)15(13-22)8-7-14-12-21-17-5-2-1-4-16(14)17/h1-6,11-12,15,21H,7-10,13H2,(H,26,27). The molecule has 0 spiro atoms. The number of nitrogens with zero attached hydrogens (tertiary/aromatic N) is 2. The third kappa shape index (κ3) is 3.75. The van der Waals surface area contributed by atoms with E-state index in [9.17, 15) is 4.79 Å². The number of furan rings is 1. The number of amides is 1. The lowest BCUT2D eigenvalue weighted by molar-refractivity contribution is 0.0582. The van der Waals surface area contributed by atoms with E-state index in [0.717, 1.165) is 18.4 Å². The Kier molecular flexibility index (Phi) is 5.22. The monoisotopic (exact) mass is 399 g/mol. The van der Waals surface area contributed by atoms with Crippen LogP contribution in [-0.4, -0.2) is 50.7 Å². The van der Waals surface area contributed by atoms with Gasteiger partial charge in [0.1, 0.15) is 4.32 Å². The summed E-state index contributed by atoms with van der Waals surface area (Å²) in [6.45, 7) is 1.92. The molecule has 1 aromatic carbocycles. The maximum absolute atomic E-state index is 12.6. The third-order valence-corrected chi connectivity index (χ3v) is 5.66. The quantitative estimate of drug-likeness (QED) is 0.518. The molecule has 1 amide bonds. The van der Waals surface area contributed by atoms with Crippen LogP contribution in [0.5, 0.6) is 0 Å². The number of carbonyl (C=O) groups is 1. The molecule has 0 aliphatic carbocycles. The number of aromatic amines is 1. The highest BCUT2D eigenvalue weighted by atomic mass is 32.1. The molecule has 0 radical (unpaired) electrons. The Morgan fingerprint density at radius 2 is 2.11 bits per heavy atom. The molecule has 7 heteroatoms. The van der Waals surface area contributed by atoms with Gasteiger partial charge >= 0.3 is 0 Å². The van der Waals surface area contributed by atoms with E-state index in [1.54, 1.807) is 12.1 Å². The Hall–Kier alpha value is -2.25. The van der Waals surface area contributed by atoms with Crippen molar-refractivity contribution in [2.75, 3.05) is 19.6 Å².